The van der Waals surface area contributed by atoms with Crippen molar-refractivity contribution in [3.63, 3.8) is 0 Å². The largest absolute Gasteiger partial charge is 0.459 e. The Kier molecular flexibility index (Phi) is 5.60. The number of ketones is 1. The van der Waals surface area contributed by atoms with Crippen LogP contribution in [-0.2, 0) is 14.3 Å². The van der Waals surface area contributed by atoms with E-state index in [0.29, 0.717) is 12.8 Å². The van der Waals surface area contributed by atoms with Gasteiger partial charge < -0.3 is 4.74 Å². The van der Waals surface area contributed by atoms with E-state index in [1.165, 1.54) is 0 Å². The Labute approximate surface area is 119 Å². The second-order valence-electron chi connectivity index (χ2n) is 6.54. The number of hydrogen-bond donors (Lipinski definition) is 0. The SMILES string of the molecule is CCC(=O)C(C)(C)CC(C)(Br)C(=O)OC(C)(C)C. The summed E-state index contributed by atoms with van der Waals surface area (Å²) in [7, 11) is 0. The van der Waals surface area contributed by atoms with Crippen LogP contribution < -0.4 is 0 Å². The summed E-state index contributed by atoms with van der Waals surface area (Å²) < 4.78 is 4.53. The third kappa shape index (κ3) is 5.51. The molecule has 4 heteroatoms. The number of esters is 1. The Morgan fingerprint density at radius 1 is 1.06 bits per heavy atom. The van der Waals surface area contributed by atoms with Gasteiger partial charge in [0.1, 0.15) is 15.7 Å². The van der Waals surface area contributed by atoms with E-state index in [1.807, 2.05) is 41.5 Å². The molecule has 0 aliphatic heterocycles. The molecule has 0 aliphatic carbocycles. The number of carbonyl (C=O) groups is 2. The molecule has 0 aromatic heterocycles. The molecule has 0 aliphatic rings. The standard InChI is InChI=1S/C14H25BrO3/c1-8-10(16)13(5,6)9-14(7,15)11(17)18-12(2,3)4/h8-9H2,1-7H3. The van der Waals surface area contributed by atoms with Gasteiger partial charge in [-0.2, -0.15) is 0 Å². The van der Waals surface area contributed by atoms with Gasteiger partial charge in [0.2, 0.25) is 0 Å². The minimum Gasteiger partial charge on any atom is -0.459 e. The van der Waals surface area contributed by atoms with Crippen molar-refractivity contribution in [2.75, 3.05) is 0 Å². The number of halogens is 1. The predicted molar refractivity (Wildman–Crippen MR) is 76.9 cm³/mol. The molecule has 0 bridgehead atoms. The highest BCUT2D eigenvalue weighted by molar-refractivity contribution is 9.10. The molecule has 0 N–H and O–H groups in total. The van der Waals surface area contributed by atoms with Gasteiger partial charge in [-0.15, -0.1) is 0 Å². The molecule has 0 aromatic carbocycles. The van der Waals surface area contributed by atoms with E-state index in [4.69, 9.17) is 4.74 Å². The summed E-state index contributed by atoms with van der Waals surface area (Å²) in [5.74, 6) is -0.177. The number of ether oxygens (including phenoxy) is 1. The number of hydrogen-bond acceptors (Lipinski definition) is 3. The fraction of sp³-hybridized carbons (Fsp3) is 0.857. The molecule has 0 fully saturated rings. The zero-order chi connectivity index (χ0) is 14.8. The maximum atomic E-state index is 12.1. The molecule has 0 amide bonds. The van der Waals surface area contributed by atoms with Crippen LogP contribution in [0.4, 0.5) is 0 Å². The lowest BCUT2D eigenvalue weighted by Crippen LogP contribution is -2.41. The number of Topliss-reactive ketones (excluding diaryl/α,β-unsaturated/α-hetero) is 1. The van der Waals surface area contributed by atoms with Crippen LogP contribution in [0.1, 0.15) is 61.3 Å². The Hall–Kier alpha value is -0.380. The van der Waals surface area contributed by atoms with Crippen LogP contribution in [0.5, 0.6) is 0 Å². The predicted octanol–water partition coefficient (Wildman–Crippen LogP) is 3.88. The van der Waals surface area contributed by atoms with E-state index in [-0.39, 0.29) is 11.8 Å². The number of rotatable bonds is 5. The topological polar surface area (TPSA) is 43.4 Å². The summed E-state index contributed by atoms with van der Waals surface area (Å²) >= 11 is 3.41. The Balaban J connectivity index is 4.85. The van der Waals surface area contributed by atoms with Gasteiger partial charge in [-0.25, -0.2) is 0 Å². The summed E-state index contributed by atoms with van der Waals surface area (Å²) in [4.78, 5) is 23.9. The van der Waals surface area contributed by atoms with Crippen LogP contribution in [0, 0.1) is 5.41 Å². The minimum atomic E-state index is -0.839. The van der Waals surface area contributed by atoms with Crippen LogP contribution in [0.3, 0.4) is 0 Å². The van der Waals surface area contributed by atoms with Gasteiger partial charge in [-0.1, -0.05) is 36.7 Å². The Bertz CT molecular complexity index is 324. The van der Waals surface area contributed by atoms with Crippen LogP contribution >= 0.6 is 15.9 Å². The van der Waals surface area contributed by atoms with Crippen molar-refractivity contribution in [2.45, 2.75) is 71.2 Å². The maximum Gasteiger partial charge on any atom is 0.323 e. The summed E-state index contributed by atoms with van der Waals surface area (Å²) in [5.41, 5.74) is -1.06. The molecule has 3 nitrogen and oxygen atoms in total. The van der Waals surface area contributed by atoms with Crippen molar-refractivity contribution in [3.8, 4) is 0 Å². The second kappa shape index (κ2) is 5.72. The lowest BCUT2D eigenvalue weighted by molar-refractivity contribution is -0.158. The molecule has 0 heterocycles. The fourth-order valence-electron chi connectivity index (χ4n) is 1.86. The highest BCUT2D eigenvalue weighted by Crippen LogP contribution is 2.36. The summed E-state index contributed by atoms with van der Waals surface area (Å²) in [6, 6.07) is 0. The van der Waals surface area contributed by atoms with Crippen LogP contribution in [0.15, 0.2) is 0 Å². The van der Waals surface area contributed by atoms with Crippen molar-refractivity contribution >= 4 is 27.7 Å². The first-order valence-corrected chi connectivity index (χ1v) is 7.07. The second-order valence-corrected chi connectivity index (χ2v) is 8.29. The normalized spacial score (nSPS) is 16.0. The molecular weight excluding hydrogens is 296 g/mol. The summed E-state index contributed by atoms with van der Waals surface area (Å²) in [5, 5.41) is 0. The monoisotopic (exact) mass is 320 g/mol. The highest BCUT2D eigenvalue weighted by Gasteiger charge is 2.41. The zero-order valence-corrected chi connectivity index (χ0v) is 14.1. The maximum absolute atomic E-state index is 12.1. The molecular formula is C14H25BrO3. The van der Waals surface area contributed by atoms with Crippen LogP contribution in [-0.4, -0.2) is 21.7 Å². The number of alkyl halides is 1. The van der Waals surface area contributed by atoms with E-state index in [9.17, 15) is 9.59 Å². The average Bonchev–Trinajstić information content (AvgIpc) is 2.12. The van der Waals surface area contributed by atoms with E-state index in [1.54, 1.807) is 6.92 Å². The molecule has 1 atom stereocenters. The van der Waals surface area contributed by atoms with Crippen molar-refractivity contribution in [1.29, 1.82) is 0 Å². The lowest BCUT2D eigenvalue weighted by atomic mass is 9.78. The van der Waals surface area contributed by atoms with Gasteiger partial charge in [0.25, 0.3) is 0 Å². The first kappa shape index (κ1) is 17.6. The molecule has 0 spiro atoms. The Morgan fingerprint density at radius 2 is 1.50 bits per heavy atom. The van der Waals surface area contributed by atoms with Gasteiger partial charge in [0.05, 0.1) is 0 Å². The van der Waals surface area contributed by atoms with E-state index in [2.05, 4.69) is 15.9 Å². The summed E-state index contributed by atoms with van der Waals surface area (Å²) in [6.45, 7) is 12.8. The third-order valence-corrected chi connectivity index (χ3v) is 3.28. The van der Waals surface area contributed by atoms with Gasteiger partial charge in [0, 0.05) is 11.8 Å². The smallest absolute Gasteiger partial charge is 0.323 e. The van der Waals surface area contributed by atoms with Crippen LogP contribution in [0.2, 0.25) is 0 Å². The Morgan fingerprint density at radius 3 is 1.83 bits per heavy atom. The van der Waals surface area contributed by atoms with E-state index >= 15 is 0 Å². The molecule has 0 saturated heterocycles. The molecule has 0 saturated carbocycles. The molecule has 106 valence electrons. The molecule has 0 aromatic rings. The first-order valence-electron chi connectivity index (χ1n) is 6.27. The van der Waals surface area contributed by atoms with Crippen molar-refractivity contribution in [2.24, 2.45) is 5.41 Å². The summed E-state index contributed by atoms with van der Waals surface area (Å²) in [6.07, 6.45) is 0.895. The zero-order valence-electron chi connectivity index (χ0n) is 12.5. The number of carbonyl (C=O) groups excluding carboxylic acids is 2. The van der Waals surface area contributed by atoms with E-state index in [0.717, 1.165) is 0 Å². The van der Waals surface area contributed by atoms with Gasteiger partial charge in [-0.3, -0.25) is 9.59 Å². The van der Waals surface area contributed by atoms with Gasteiger partial charge in [0.15, 0.2) is 0 Å². The molecule has 1 unspecified atom stereocenters. The van der Waals surface area contributed by atoms with Gasteiger partial charge in [-0.05, 0) is 34.1 Å². The first-order chi connectivity index (χ1) is 7.82. The minimum absolute atomic E-state index is 0.150. The molecule has 0 rings (SSSR count). The van der Waals surface area contributed by atoms with Crippen molar-refractivity contribution in [3.05, 3.63) is 0 Å². The molecule has 18 heavy (non-hydrogen) atoms. The average molecular weight is 321 g/mol. The van der Waals surface area contributed by atoms with Crippen molar-refractivity contribution < 1.29 is 14.3 Å². The fourth-order valence-corrected chi connectivity index (χ4v) is 2.65. The lowest BCUT2D eigenvalue weighted by Gasteiger charge is -2.33. The molecule has 0 radical (unpaired) electrons. The quantitative estimate of drug-likeness (QED) is 0.570. The van der Waals surface area contributed by atoms with Crippen LogP contribution in [0.25, 0.3) is 0 Å². The highest BCUT2D eigenvalue weighted by atomic mass is 79.9. The van der Waals surface area contributed by atoms with E-state index < -0.39 is 15.3 Å². The van der Waals surface area contributed by atoms with Gasteiger partial charge >= 0.3 is 5.97 Å². The van der Waals surface area contributed by atoms with Crippen molar-refractivity contribution in [1.82, 2.24) is 0 Å². The third-order valence-electron chi connectivity index (χ3n) is 2.67.